The quantitative estimate of drug-likeness (QED) is 0.799. The third-order valence-corrected chi connectivity index (χ3v) is 5.41. The molecule has 0 unspecified atom stereocenters. The topological polar surface area (TPSA) is 88.2 Å². The van der Waals surface area contributed by atoms with Crippen LogP contribution in [0.25, 0.3) is 11.3 Å². The van der Waals surface area contributed by atoms with Gasteiger partial charge in [0.25, 0.3) is 0 Å². The van der Waals surface area contributed by atoms with Crippen LogP contribution in [0.15, 0.2) is 29.6 Å². The van der Waals surface area contributed by atoms with Gasteiger partial charge in [0, 0.05) is 36.5 Å². The summed E-state index contributed by atoms with van der Waals surface area (Å²) in [5, 5.41) is 5.54. The molecule has 0 aliphatic heterocycles. The van der Waals surface area contributed by atoms with Crippen molar-refractivity contribution in [2.45, 2.75) is 20.3 Å². The summed E-state index contributed by atoms with van der Waals surface area (Å²) in [4.78, 5) is 15.5. The first kappa shape index (κ1) is 17.6. The van der Waals surface area contributed by atoms with Crippen LogP contribution < -0.4 is 10.0 Å². The van der Waals surface area contributed by atoms with Gasteiger partial charge in [-0.1, -0.05) is 12.1 Å². The zero-order valence-corrected chi connectivity index (χ0v) is 14.6. The molecule has 2 rings (SSSR count). The van der Waals surface area contributed by atoms with E-state index in [0.29, 0.717) is 13.0 Å². The molecule has 0 bridgehead atoms. The maximum absolute atomic E-state index is 11.4. The fourth-order valence-corrected chi connectivity index (χ4v) is 3.33. The van der Waals surface area contributed by atoms with E-state index in [1.807, 2.05) is 29.6 Å². The van der Waals surface area contributed by atoms with Crippen molar-refractivity contribution in [3.05, 3.63) is 34.7 Å². The van der Waals surface area contributed by atoms with Gasteiger partial charge in [0.2, 0.25) is 15.9 Å². The maximum atomic E-state index is 11.4. The number of amides is 1. The highest BCUT2D eigenvalue weighted by molar-refractivity contribution is 7.89. The van der Waals surface area contributed by atoms with Crippen LogP contribution in [0.3, 0.4) is 0 Å². The fourth-order valence-electron chi connectivity index (χ4n) is 1.90. The first-order chi connectivity index (χ1) is 10.9. The predicted octanol–water partition coefficient (Wildman–Crippen LogP) is 2.25. The van der Waals surface area contributed by atoms with Crippen molar-refractivity contribution in [1.29, 1.82) is 0 Å². The number of hydrogen-bond acceptors (Lipinski definition) is 5. The van der Waals surface area contributed by atoms with E-state index in [-0.39, 0.29) is 11.7 Å². The zero-order chi connectivity index (χ0) is 16.9. The van der Waals surface area contributed by atoms with Gasteiger partial charge in [-0.25, -0.2) is 18.1 Å². The Morgan fingerprint density at radius 1 is 1.26 bits per heavy atom. The Bertz CT molecular complexity index is 768. The van der Waals surface area contributed by atoms with Crippen molar-refractivity contribution in [1.82, 2.24) is 9.71 Å². The van der Waals surface area contributed by atoms with E-state index in [9.17, 15) is 13.2 Å². The van der Waals surface area contributed by atoms with E-state index >= 15 is 0 Å². The van der Waals surface area contributed by atoms with Crippen LogP contribution in [0.1, 0.15) is 18.9 Å². The molecule has 6 nitrogen and oxygen atoms in total. The summed E-state index contributed by atoms with van der Waals surface area (Å²) in [6.45, 7) is 3.42. The van der Waals surface area contributed by atoms with Crippen LogP contribution >= 0.6 is 11.3 Å². The highest BCUT2D eigenvalue weighted by Gasteiger charge is 2.08. The molecule has 0 aliphatic carbocycles. The number of rotatable bonds is 7. The van der Waals surface area contributed by atoms with Crippen LogP contribution in [-0.4, -0.2) is 31.6 Å². The van der Waals surface area contributed by atoms with Crippen molar-refractivity contribution in [3.63, 3.8) is 0 Å². The second kappa shape index (κ2) is 7.67. The molecule has 0 radical (unpaired) electrons. The largest absolute Gasteiger partial charge is 0.326 e. The normalized spacial score (nSPS) is 11.4. The number of benzene rings is 1. The lowest BCUT2D eigenvalue weighted by Crippen LogP contribution is -2.27. The SMILES string of the molecule is CCS(=O)(=O)NCCc1nc(-c2ccc(NC(C)=O)cc2)cs1. The van der Waals surface area contributed by atoms with E-state index in [0.717, 1.165) is 22.0 Å². The van der Waals surface area contributed by atoms with Crippen molar-refractivity contribution < 1.29 is 13.2 Å². The lowest BCUT2D eigenvalue weighted by Gasteiger charge is -2.03. The minimum atomic E-state index is -3.16. The Balaban J connectivity index is 1.97. The molecule has 124 valence electrons. The molecule has 23 heavy (non-hydrogen) atoms. The Labute approximate surface area is 140 Å². The summed E-state index contributed by atoms with van der Waals surface area (Å²) in [6, 6.07) is 7.43. The average molecular weight is 353 g/mol. The lowest BCUT2D eigenvalue weighted by atomic mass is 10.1. The highest BCUT2D eigenvalue weighted by Crippen LogP contribution is 2.23. The van der Waals surface area contributed by atoms with Crippen molar-refractivity contribution in [3.8, 4) is 11.3 Å². The van der Waals surface area contributed by atoms with Gasteiger partial charge in [-0.2, -0.15) is 0 Å². The molecule has 0 saturated heterocycles. The molecule has 1 amide bonds. The maximum Gasteiger partial charge on any atom is 0.221 e. The van der Waals surface area contributed by atoms with Crippen LogP contribution in [0.4, 0.5) is 5.69 Å². The highest BCUT2D eigenvalue weighted by atomic mass is 32.2. The number of aromatic nitrogens is 1. The van der Waals surface area contributed by atoms with E-state index < -0.39 is 10.0 Å². The molecular formula is C15H19N3O3S2. The number of hydrogen-bond donors (Lipinski definition) is 2. The lowest BCUT2D eigenvalue weighted by molar-refractivity contribution is -0.114. The van der Waals surface area contributed by atoms with Gasteiger partial charge in [-0.3, -0.25) is 4.79 Å². The summed E-state index contributed by atoms with van der Waals surface area (Å²) >= 11 is 1.50. The Hall–Kier alpha value is -1.77. The average Bonchev–Trinajstić information content (AvgIpc) is 2.96. The number of sulfonamides is 1. The molecule has 0 fully saturated rings. The first-order valence-electron chi connectivity index (χ1n) is 7.19. The van der Waals surface area contributed by atoms with Crippen LogP contribution in [-0.2, 0) is 21.2 Å². The molecule has 0 spiro atoms. The van der Waals surface area contributed by atoms with Crippen molar-refractivity contribution in [2.75, 3.05) is 17.6 Å². The smallest absolute Gasteiger partial charge is 0.221 e. The van der Waals surface area contributed by atoms with Gasteiger partial charge >= 0.3 is 0 Å². The molecule has 1 heterocycles. The first-order valence-corrected chi connectivity index (χ1v) is 9.72. The zero-order valence-electron chi connectivity index (χ0n) is 13.0. The summed E-state index contributed by atoms with van der Waals surface area (Å²) in [5.74, 6) is -0.0280. The van der Waals surface area contributed by atoms with Crippen molar-refractivity contribution >= 4 is 33.0 Å². The Morgan fingerprint density at radius 2 is 1.96 bits per heavy atom. The van der Waals surface area contributed by atoms with Gasteiger partial charge in [0.15, 0.2) is 0 Å². The summed E-state index contributed by atoms with van der Waals surface area (Å²) in [6.07, 6.45) is 0.563. The minimum absolute atomic E-state index is 0.0801. The van der Waals surface area contributed by atoms with Gasteiger partial charge < -0.3 is 5.32 Å². The monoisotopic (exact) mass is 353 g/mol. The Kier molecular flexibility index (Phi) is 5.86. The second-order valence-electron chi connectivity index (χ2n) is 4.93. The summed E-state index contributed by atoms with van der Waals surface area (Å²) in [7, 11) is -3.16. The summed E-state index contributed by atoms with van der Waals surface area (Å²) in [5.41, 5.74) is 2.54. The van der Waals surface area contributed by atoms with Crippen LogP contribution in [0.5, 0.6) is 0 Å². The third-order valence-electron chi connectivity index (χ3n) is 3.09. The van der Waals surface area contributed by atoms with Gasteiger partial charge in [0.1, 0.15) is 0 Å². The minimum Gasteiger partial charge on any atom is -0.326 e. The molecule has 0 saturated carbocycles. The van der Waals surface area contributed by atoms with E-state index in [2.05, 4.69) is 15.0 Å². The number of carbonyl (C=O) groups excluding carboxylic acids is 1. The van der Waals surface area contributed by atoms with Gasteiger partial charge in [-0.05, 0) is 19.1 Å². The molecule has 1 aromatic carbocycles. The summed E-state index contributed by atoms with van der Waals surface area (Å²) < 4.78 is 25.3. The number of anilines is 1. The molecule has 1 aromatic heterocycles. The number of nitrogens with zero attached hydrogens (tertiary/aromatic N) is 1. The third kappa shape index (κ3) is 5.42. The molecular weight excluding hydrogens is 334 g/mol. The van der Waals surface area contributed by atoms with Gasteiger partial charge in [-0.15, -0.1) is 11.3 Å². The molecule has 8 heteroatoms. The second-order valence-corrected chi connectivity index (χ2v) is 7.97. The van der Waals surface area contributed by atoms with Crippen LogP contribution in [0.2, 0.25) is 0 Å². The van der Waals surface area contributed by atoms with E-state index in [1.165, 1.54) is 18.3 Å². The van der Waals surface area contributed by atoms with Crippen molar-refractivity contribution in [2.24, 2.45) is 0 Å². The fraction of sp³-hybridized carbons (Fsp3) is 0.333. The van der Waals surface area contributed by atoms with Crippen LogP contribution in [0, 0.1) is 0 Å². The number of carbonyl (C=O) groups is 1. The molecule has 0 atom stereocenters. The number of thiazole rings is 1. The standard InChI is InChI=1S/C15H19N3O3S2/c1-3-23(20,21)16-9-8-15-18-14(10-22-15)12-4-6-13(7-5-12)17-11(2)19/h4-7,10,16H,3,8-9H2,1-2H3,(H,17,19). The Morgan fingerprint density at radius 3 is 2.57 bits per heavy atom. The van der Waals surface area contributed by atoms with E-state index in [4.69, 9.17) is 0 Å². The van der Waals surface area contributed by atoms with E-state index in [1.54, 1.807) is 6.92 Å². The molecule has 0 aliphatic rings. The predicted molar refractivity (Wildman–Crippen MR) is 93.0 cm³/mol. The molecule has 2 aromatic rings. The number of nitrogens with one attached hydrogen (secondary N) is 2. The molecule has 2 N–H and O–H groups in total. The van der Waals surface area contributed by atoms with Gasteiger partial charge in [0.05, 0.1) is 16.5 Å².